The highest BCUT2D eigenvalue weighted by Crippen LogP contribution is 2.30. The maximum absolute atomic E-state index is 4.72. The van der Waals surface area contributed by atoms with Crippen LogP contribution in [-0.4, -0.2) is 19.5 Å². The summed E-state index contributed by atoms with van der Waals surface area (Å²) < 4.78 is 2.00. The van der Waals surface area contributed by atoms with E-state index in [1.807, 2.05) is 24.1 Å². The zero-order chi connectivity index (χ0) is 12.0. The number of aromatic amines is 1. The molecule has 0 fully saturated rings. The lowest BCUT2D eigenvalue weighted by atomic mass is 9.82. The molecule has 0 radical (unpaired) electrons. The number of hydrogen-bond acceptors (Lipinski definition) is 2. The fraction of sp³-hybridized carbons (Fsp3) is 0.538. The summed E-state index contributed by atoms with van der Waals surface area (Å²) in [6.07, 6.45) is 5.87. The summed E-state index contributed by atoms with van der Waals surface area (Å²) in [6, 6.07) is 0. The van der Waals surface area contributed by atoms with Gasteiger partial charge < -0.3 is 9.55 Å². The van der Waals surface area contributed by atoms with Gasteiger partial charge in [0.25, 0.3) is 0 Å². The molecule has 0 amide bonds. The number of aryl methyl sites for hydroxylation is 1. The summed E-state index contributed by atoms with van der Waals surface area (Å²) in [5.41, 5.74) is 3.61. The first-order valence-electron chi connectivity index (χ1n) is 6.19. The van der Waals surface area contributed by atoms with Crippen molar-refractivity contribution in [2.45, 2.75) is 26.7 Å². The summed E-state index contributed by atoms with van der Waals surface area (Å²) in [5, 5.41) is 0. The molecule has 2 heterocycles. The predicted molar refractivity (Wildman–Crippen MR) is 66.5 cm³/mol. The van der Waals surface area contributed by atoms with Crippen molar-refractivity contribution in [2.24, 2.45) is 18.9 Å². The Morgan fingerprint density at radius 1 is 1.29 bits per heavy atom. The number of hydrogen-bond donors (Lipinski definition) is 1. The van der Waals surface area contributed by atoms with Gasteiger partial charge in [0, 0.05) is 12.7 Å². The van der Waals surface area contributed by atoms with E-state index >= 15 is 0 Å². The number of imidazole rings is 2. The lowest BCUT2D eigenvalue weighted by Gasteiger charge is -2.24. The number of nitrogens with zero attached hydrogens (tertiary/aromatic N) is 3. The molecule has 3 rings (SSSR count). The topological polar surface area (TPSA) is 46.5 Å². The van der Waals surface area contributed by atoms with E-state index in [1.165, 1.54) is 11.4 Å². The third kappa shape index (κ3) is 1.68. The standard InChI is InChI=1S/C13H18N4/c1-8-4-10-11(5-9(8)2)16-13(15-10)12-6-14-7-17(12)3/h6-9H,4-5H2,1-3H3,(H,15,16). The molecule has 0 spiro atoms. The second kappa shape index (κ2) is 3.72. The molecule has 1 aliphatic rings. The van der Waals surface area contributed by atoms with Crippen LogP contribution in [0.5, 0.6) is 0 Å². The van der Waals surface area contributed by atoms with E-state index in [0.29, 0.717) is 0 Å². The summed E-state index contributed by atoms with van der Waals surface area (Å²) >= 11 is 0. The van der Waals surface area contributed by atoms with E-state index in [4.69, 9.17) is 4.98 Å². The van der Waals surface area contributed by atoms with Gasteiger partial charge in [0.1, 0.15) is 5.69 Å². The van der Waals surface area contributed by atoms with Crippen LogP contribution in [0.1, 0.15) is 25.2 Å². The first-order valence-corrected chi connectivity index (χ1v) is 6.19. The van der Waals surface area contributed by atoms with Gasteiger partial charge in [-0.25, -0.2) is 9.97 Å². The third-order valence-corrected chi connectivity index (χ3v) is 3.94. The van der Waals surface area contributed by atoms with Gasteiger partial charge in [-0.05, 0) is 24.7 Å². The molecular weight excluding hydrogens is 212 g/mol. The number of rotatable bonds is 1. The molecule has 1 aliphatic carbocycles. The molecule has 2 unspecified atom stereocenters. The van der Waals surface area contributed by atoms with Crippen molar-refractivity contribution in [3.05, 3.63) is 23.9 Å². The van der Waals surface area contributed by atoms with Crippen LogP contribution in [0.2, 0.25) is 0 Å². The predicted octanol–water partition coefficient (Wildman–Crippen LogP) is 2.18. The fourth-order valence-corrected chi connectivity index (χ4v) is 2.52. The Morgan fingerprint density at radius 3 is 2.76 bits per heavy atom. The zero-order valence-corrected chi connectivity index (χ0v) is 10.6. The summed E-state index contributed by atoms with van der Waals surface area (Å²) in [5.74, 6) is 2.42. The minimum atomic E-state index is 0.727. The third-order valence-electron chi connectivity index (χ3n) is 3.94. The van der Waals surface area contributed by atoms with Crippen LogP contribution in [0.3, 0.4) is 0 Å². The second-order valence-electron chi connectivity index (χ2n) is 5.26. The minimum absolute atomic E-state index is 0.727. The summed E-state index contributed by atoms with van der Waals surface area (Å²) in [6.45, 7) is 4.63. The quantitative estimate of drug-likeness (QED) is 0.816. The monoisotopic (exact) mass is 230 g/mol. The Bertz CT molecular complexity index is 510. The molecular formula is C13H18N4. The molecule has 17 heavy (non-hydrogen) atoms. The Morgan fingerprint density at radius 2 is 2.06 bits per heavy atom. The van der Waals surface area contributed by atoms with Crippen molar-refractivity contribution in [1.82, 2.24) is 19.5 Å². The average molecular weight is 230 g/mol. The number of H-pyrrole nitrogens is 1. The van der Waals surface area contributed by atoms with Crippen LogP contribution in [0.15, 0.2) is 12.5 Å². The Hall–Kier alpha value is -1.58. The highest BCUT2D eigenvalue weighted by molar-refractivity contribution is 5.50. The maximum atomic E-state index is 4.72. The van der Waals surface area contributed by atoms with Gasteiger partial charge in [-0.3, -0.25) is 0 Å². The van der Waals surface area contributed by atoms with Gasteiger partial charge in [-0.15, -0.1) is 0 Å². The first kappa shape index (κ1) is 10.6. The summed E-state index contributed by atoms with van der Waals surface area (Å²) in [7, 11) is 2.00. The summed E-state index contributed by atoms with van der Waals surface area (Å²) in [4.78, 5) is 12.3. The Kier molecular flexibility index (Phi) is 2.31. The molecule has 0 bridgehead atoms. The van der Waals surface area contributed by atoms with Crippen LogP contribution < -0.4 is 0 Å². The van der Waals surface area contributed by atoms with E-state index in [-0.39, 0.29) is 0 Å². The first-order chi connectivity index (χ1) is 8.15. The molecule has 1 N–H and O–H groups in total. The highest BCUT2D eigenvalue weighted by Gasteiger charge is 2.25. The Balaban J connectivity index is 2.01. The second-order valence-corrected chi connectivity index (χ2v) is 5.26. The van der Waals surface area contributed by atoms with Crippen LogP contribution in [0, 0.1) is 11.8 Å². The van der Waals surface area contributed by atoms with Gasteiger partial charge in [0.15, 0.2) is 5.82 Å². The number of aromatic nitrogens is 4. The molecule has 0 aliphatic heterocycles. The maximum Gasteiger partial charge on any atom is 0.156 e. The van der Waals surface area contributed by atoms with Gasteiger partial charge in [0.2, 0.25) is 0 Å². The largest absolute Gasteiger partial charge is 0.340 e. The highest BCUT2D eigenvalue weighted by atomic mass is 15.1. The molecule has 2 aromatic rings. The van der Waals surface area contributed by atoms with Crippen molar-refractivity contribution < 1.29 is 0 Å². The van der Waals surface area contributed by atoms with Crippen LogP contribution in [0.25, 0.3) is 11.5 Å². The zero-order valence-electron chi connectivity index (χ0n) is 10.6. The fourth-order valence-electron chi connectivity index (χ4n) is 2.52. The molecule has 0 saturated carbocycles. The van der Waals surface area contributed by atoms with Crippen molar-refractivity contribution in [1.29, 1.82) is 0 Å². The van der Waals surface area contributed by atoms with Gasteiger partial charge in [-0.2, -0.15) is 0 Å². The van der Waals surface area contributed by atoms with Crippen LogP contribution in [-0.2, 0) is 19.9 Å². The average Bonchev–Trinajstić information content (AvgIpc) is 2.85. The molecule has 2 aromatic heterocycles. The van der Waals surface area contributed by atoms with Gasteiger partial charge in [-0.1, -0.05) is 13.8 Å². The molecule has 0 aromatic carbocycles. The van der Waals surface area contributed by atoms with Gasteiger partial charge in [0.05, 0.1) is 18.2 Å². The normalized spacial score (nSPS) is 23.7. The lowest BCUT2D eigenvalue weighted by molar-refractivity contribution is 0.355. The van der Waals surface area contributed by atoms with Gasteiger partial charge >= 0.3 is 0 Å². The van der Waals surface area contributed by atoms with Crippen LogP contribution >= 0.6 is 0 Å². The molecule has 0 saturated heterocycles. The number of fused-ring (bicyclic) bond motifs is 1. The lowest BCUT2D eigenvalue weighted by Crippen LogP contribution is -2.20. The van der Waals surface area contributed by atoms with E-state index in [0.717, 1.165) is 36.2 Å². The van der Waals surface area contributed by atoms with Crippen molar-refractivity contribution in [2.75, 3.05) is 0 Å². The minimum Gasteiger partial charge on any atom is -0.340 e. The van der Waals surface area contributed by atoms with Crippen LogP contribution in [0.4, 0.5) is 0 Å². The van der Waals surface area contributed by atoms with Crippen molar-refractivity contribution in [3.8, 4) is 11.5 Å². The smallest absolute Gasteiger partial charge is 0.156 e. The van der Waals surface area contributed by atoms with E-state index in [2.05, 4.69) is 23.8 Å². The Labute approximate surface area is 101 Å². The van der Waals surface area contributed by atoms with Crippen molar-refractivity contribution >= 4 is 0 Å². The molecule has 2 atom stereocenters. The van der Waals surface area contributed by atoms with E-state index in [1.54, 1.807) is 0 Å². The van der Waals surface area contributed by atoms with E-state index in [9.17, 15) is 0 Å². The molecule has 90 valence electrons. The van der Waals surface area contributed by atoms with E-state index < -0.39 is 0 Å². The number of nitrogens with one attached hydrogen (secondary N) is 1. The van der Waals surface area contributed by atoms with Crippen molar-refractivity contribution in [3.63, 3.8) is 0 Å². The molecule has 4 nitrogen and oxygen atoms in total. The SMILES string of the molecule is CC1Cc2nc(-c3cncn3C)[nH]c2CC1C. The molecule has 4 heteroatoms.